The molecule has 28 heavy (non-hydrogen) atoms. The van der Waals surface area contributed by atoms with Crippen molar-refractivity contribution in [3.05, 3.63) is 66.0 Å². The van der Waals surface area contributed by atoms with Crippen LogP contribution in [0.2, 0.25) is 0 Å². The molecule has 0 saturated heterocycles. The van der Waals surface area contributed by atoms with Crippen LogP contribution in [0.25, 0.3) is 11.1 Å². The molecule has 10 heteroatoms. The number of aromatic nitrogens is 3. The number of anilines is 1. The van der Waals surface area contributed by atoms with Crippen molar-refractivity contribution in [3.63, 3.8) is 0 Å². The number of pyridine rings is 3. The van der Waals surface area contributed by atoms with Crippen molar-refractivity contribution in [2.45, 2.75) is 13.3 Å². The van der Waals surface area contributed by atoms with E-state index in [1.165, 1.54) is 24.5 Å². The molecule has 1 amide bonds. The summed E-state index contributed by atoms with van der Waals surface area (Å²) in [7, 11) is 0. The predicted octanol–water partition coefficient (Wildman–Crippen LogP) is 4.14. The number of amides is 1. The summed E-state index contributed by atoms with van der Waals surface area (Å²) >= 11 is 0. The van der Waals surface area contributed by atoms with Gasteiger partial charge in [-0.2, -0.15) is 0 Å². The third kappa shape index (κ3) is 4.78. The van der Waals surface area contributed by atoms with Gasteiger partial charge in [-0.1, -0.05) is 0 Å². The lowest BCUT2D eigenvalue weighted by atomic mass is 10.0. The highest BCUT2D eigenvalue weighted by molar-refractivity contribution is 6.03. The van der Waals surface area contributed by atoms with Gasteiger partial charge in [-0.25, -0.2) is 14.4 Å². The van der Waals surface area contributed by atoms with Gasteiger partial charge in [0.2, 0.25) is 5.88 Å². The Bertz CT molecular complexity index is 1010. The number of nitrogens with one attached hydrogen (secondary N) is 1. The fourth-order valence-electron chi connectivity index (χ4n) is 2.34. The molecule has 0 bridgehead atoms. The highest BCUT2D eigenvalue weighted by Crippen LogP contribution is 2.29. The van der Waals surface area contributed by atoms with Crippen molar-refractivity contribution < 1.29 is 27.1 Å². The van der Waals surface area contributed by atoms with E-state index in [0.717, 1.165) is 23.9 Å². The molecule has 0 fully saturated rings. The standard InChI is InChI=1S/C18H12F4N4O2/c1-10-4-5-23-9-13(10)11-6-14(25-16(7-11)28-18(20,21)22)17(27)26-15-3-2-12(19)8-24-15/h2-9H,1H3,(H,24,26,27). The minimum absolute atomic E-state index is 0.00875. The van der Waals surface area contributed by atoms with Crippen LogP contribution in [0, 0.1) is 12.7 Å². The number of hydrogen-bond donors (Lipinski definition) is 1. The largest absolute Gasteiger partial charge is 0.574 e. The van der Waals surface area contributed by atoms with Crippen molar-refractivity contribution in [1.82, 2.24) is 15.0 Å². The van der Waals surface area contributed by atoms with Crippen molar-refractivity contribution >= 4 is 11.7 Å². The number of hydrogen-bond acceptors (Lipinski definition) is 5. The fraction of sp³-hybridized carbons (Fsp3) is 0.111. The van der Waals surface area contributed by atoms with Crippen LogP contribution in [0.1, 0.15) is 16.1 Å². The Morgan fingerprint density at radius 2 is 1.93 bits per heavy atom. The quantitative estimate of drug-likeness (QED) is 0.676. The van der Waals surface area contributed by atoms with Crippen LogP contribution >= 0.6 is 0 Å². The SMILES string of the molecule is Cc1ccncc1-c1cc(OC(F)(F)F)nc(C(=O)Nc2ccc(F)cn2)c1. The van der Waals surface area contributed by atoms with Gasteiger partial charge >= 0.3 is 6.36 Å². The highest BCUT2D eigenvalue weighted by Gasteiger charge is 2.32. The van der Waals surface area contributed by atoms with E-state index < -0.39 is 24.0 Å². The summed E-state index contributed by atoms with van der Waals surface area (Å²) in [6.07, 6.45) is -1.12. The molecule has 0 aliphatic carbocycles. The monoisotopic (exact) mass is 392 g/mol. The molecule has 3 heterocycles. The van der Waals surface area contributed by atoms with E-state index in [-0.39, 0.29) is 17.1 Å². The minimum atomic E-state index is -4.98. The average Bonchev–Trinajstić information content (AvgIpc) is 2.62. The second kappa shape index (κ2) is 7.59. The smallest absolute Gasteiger partial charge is 0.388 e. The molecule has 144 valence electrons. The molecule has 3 aromatic heterocycles. The summed E-state index contributed by atoms with van der Waals surface area (Å²) in [5.74, 6) is -2.24. The number of ether oxygens (including phenoxy) is 1. The lowest BCUT2D eigenvalue weighted by molar-refractivity contribution is -0.276. The molecule has 0 aromatic carbocycles. The van der Waals surface area contributed by atoms with Gasteiger partial charge in [0.05, 0.1) is 6.20 Å². The van der Waals surface area contributed by atoms with Crippen LogP contribution in [0.15, 0.2) is 48.9 Å². The number of alkyl halides is 3. The first kappa shape index (κ1) is 19.2. The van der Waals surface area contributed by atoms with Crippen LogP contribution in [-0.2, 0) is 0 Å². The zero-order chi connectivity index (χ0) is 20.3. The lowest BCUT2D eigenvalue weighted by Gasteiger charge is -2.13. The molecule has 0 saturated carbocycles. The molecule has 1 N–H and O–H groups in total. The van der Waals surface area contributed by atoms with E-state index in [2.05, 4.69) is 25.0 Å². The van der Waals surface area contributed by atoms with Crippen LogP contribution in [0.4, 0.5) is 23.4 Å². The number of carbonyl (C=O) groups is 1. The van der Waals surface area contributed by atoms with Crippen LogP contribution in [-0.4, -0.2) is 27.2 Å². The van der Waals surface area contributed by atoms with Crippen LogP contribution in [0.5, 0.6) is 5.88 Å². The summed E-state index contributed by atoms with van der Waals surface area (Å²) in [5.41, 5.74) is 1.15. The van der Waals surface area contributed by atoms with E-state index in [9.17, 15) is 22.4 Å². The molecule has 0 radical (unpaired) electrons. The van der Waals surface area contributed by atoms with E-state index in [4.69, 9.17) is 0 Å². The summed E-state index contributed by atoms with van der Waals surface area (Å²) < 4.78 is 54.8. The maximum atomic E-state index is 12.9. The van der Waals surface area contributed by atoms with Crippen molar-refractivity contribution in [3.8, 4) is 17.0 Å². The van der Waals surface area contributed by atoms with Gasteiger partial charge in [0, 0.05) is 24.0 Å². The maximum absolute atomic E-state index is 12.9. The van der Waals surface area contributed by atoms with E-state index in [0.29, 0.717) is 5.56 Å². The third-order valence-corrected chi connectivity index (χ3v) is 3.57. The fourth-order valence-corrected chi connectivity index (χ4v) is 2.34. The van der Waals surface area contributed by atoms with E-state index >= 15 is 0 Å². The minimum Gasteiger partial charge on any atom is -0.388 e. The second-order valence-electron chi connectivity index (χ2n) is 5.63. The first-order valence-corrected chi connectivity index (χ1v) is 7.83. The van der Waals surface area contributed by atoms with Crippen molar-refractivity contribution in [2.75, 3.05) is 5.32 Å². The second-order valence-corrected chi connectivity index (χ2v) is 5.63. The molecule has 0 unspecified atom stereocenters. The molecule has 3 aromatic rings. The zero-order valence-corrected chi connectivity index (χ0v) is 14.3. The summed E-state index contributed by atoms with van der Waals surface area (Å²) in [6, 6.07) is 6.30. The average molecular weight is 392 g/mol. The number of rotatable bonds is 4. The Hall–Kier alpha value is -3.56. The van der Waals surface area contributed by atoms with Crippen LogP contribution in [0.3, 0.4) is 0 Å². The maximum Gasteiger partial charge on any atom is 0.574 e. The molecule has 0 spiro atoms. The Labute approximate surface area is 156 Å². The third-order valence-electron chi connectivity index (χ3n) is 3.57. The molecule has 0 aliphatic rings. The molecule has 6 nitrogen and oxygen atoms in total. The van der Waals surface area contributed by atoms with Crippen molar-refractivity contribution in [1.29, 1.82) is 0 Å². The molecular formula is C18H12F4N4O2. The van der Waals surface area contributed by atoms with Crippen molar-refractivity contribution in [2.24, 2.45) is 0 Å². The Morgan fingerprint density at radius 3 is 2.57 bits per heavy atom. The van der Waals surface area contributed by atoms with E-state index in [1.807, 2.05) is 0 Å². The predicted molar refractivity (Wildman–Crippen MR) is 91.0 cm³/mol. The van der Waals surface area contributed by atoms with Gasteiger partial charge in [0.25, 0.3) is 5.91 Å². The Balaban J connectivity index is 2.00. The Kier molecular flexibility index (Phi) is 5.21. The molecule has 3 rings (SSSR count). The van der Waals surface area contributed by atoms with Gasteiger partial charge in [-0.15, -0.1) is 13.2 Å². The summed E-state index contributed by atoms with van der Waals surface area (Å²) in [4.78, 5) is 23.6. The van der Waals surface area contributed by atoms with Gasteiger partial charge in [-0.3, -0.25) is 9.78 Å². The number of halogens is 4. The summed E-state index contributed by atoms with van der Waals surface area (Å²) in [6.45, 7) is 1.74. The van der Waals surface area contributed by atoms with Crippen LogP contribution < -0.4 is 10.1 Å². The molecule has 0 aliphatic heterocycles. The van der Waals surface area contributed by atoms with E-state index in [1.54, 1.807) is 13.0 Å². The van der Waals surface area contributed by atoms with Gasteiger partial charge in [0.15, 0.2) is 0 Å². The number of nitrogens with zero attached hydrogens (tertiary/aromatic N) is 3. The highest BCUT2D eigenvalue weighted by atomic mass is 19.4. The van der Waals surface area contributed by atoms with Gasteiger partial charge in [-0.05, 0) is 42.3 Å². The topological polar surface area (TPSA) is 77.0 Å². The number of carbonyl (C=O) groups excluding carboxylic acids is 1. The number of aryl methyl sites for hydroxylation is 1. The van der Waals surface area contributed by atoms with Gasteiger partial charge in [0.1, 0.15) is 17.3 Å². The molecule has 0 atom stereocenters. The van der Waals surface area contributed by atoms with Gasteiger partial charge < -0.3 is 10.1 Å². The first-order chi connectivity index (χ1) is 13.2. The lowest BCUT2D eigenvalue weighted by Crippen LogP contribution is -2.20. The zero-order valence-electron chi connectivity index (χ0n) is 14.3. The first-order valence-electron chi connectivity index (χ1n) is 7.83. The normalized spacial score (nSPS) is 11.2. The Morgan fingerprint density at radius 1 is 1.14 bits per heavy atom. The summed E-state index contributed by atoms with van der Waals surface area (Å²) in [5, 5.41) is 2.34. The molecular weight excluding hydrogens is 380 g/mol.